The van der Waals surface area contributed by atoms with Crippen molar-refractivity contribution < 1.29 is 14.3 Å². The number of aromatic amines is 1. The van der Waals surface area contributed by atoms with E-state index in [1.165, 1.54) is 18.4 Å². The minimum absolute atomic E-state index is 0.143. The number of amides is 1. The maximum atomic E-state index is 12.9. The number of nitrogens with zero attached hydrogens (tertiary/aromatic N) is 1. The fraction of sp³-hybridized carbons (Fsp3) is 0.478. The highest BCUT2D eigenvalue weighted by Gasteiger charge is 2.26. The van der Waals surface area contributed by atoms with Gasteiger partial charge in [0.2, 0.25) is 0 Å². The molecule has 2 N–H and O–H groups in total. The zero-order valence-corrected chi connectivity index (χ0v) is 17.7. The van der Waals surface area contributed by atoms with Crippen LogP contribution < -0.4 is 5.32 Å². The van der Waals surface area contributed by atoms with Crippen LogP contribution in [0.2, 0.25) is 0 Å². The molecular weight excluding hydrogens is 366 g/mol. The third-order valence-electron chi connectivity index (χ3n) is 5.43. The number of nitrogens with one attached hydrogen (secondary N) is 2. The molecule has 0 spiro atoms. The normalized spacial score (nSPS) is 15.5. The van der Waals surface area contributed by atoms with Gasteiger partial charge in [0.25, 0.3) is 5.91 Å². The molecule has 0 aliphatic carbocycles. The fourth-order valence-electron chi connectivity index (χ4n) is 4.02. The first kappa shape index (κ1) is 21.1. The average molecular weight is 398 g/mol. The molecule has 1 aliphatic heterocycles. The van der Waals surface area contributed by atoms with Gasteiger partial charge in [-0.2, -0.15) is 0 Å². The number of hydrogen-bond acceptors (Lipinski definition) is 4. The van der Waals surface area contributed by atoms with E-state index in [2.05, 4.69) is 27.3 Å². The van der Waals surface area contributed by atoms with Gasteiger partial charge in [0.1, 0.15) is 5.69 Å². The smallest absolute Gasteiger partial charge is 0.340 e. The summed E-state index contributed by atoms with van der Waals surface area (Å²) in [6.45, 7) is 9.80. The SMILES string of the molecule is Cc1[nH]c(C(=O)NCC(c2ccccc2)N2CCCC2)c(C)c1C(=O)OC(C)C. The number of H-pyrrole nitrogens is 1. The molecule has 2 aromatic rings. The molecule has 3 rings (SSSR count). The fourth-order valence-corrected chi connectivity index (χ4v) is 4.02. The molecule has 1 saturated heterocycles. The number of rotatable bonds is 7. The predicted molar refractivity (Wildman–Crippen MR) is 113 cm³/mol. The van der Waals surface area contributed by atoms with Crippen molar-refractivity contribution in [3.8, 4) is 0 Å². The third-order valence-corrected chi connectivity index (χ3v) is 5.43. The van der Waals surface area contributed by atoms with Gasteiger partial charge in [-0.15, -0.1) is 0 Å². The lowest BCUT2D eigenvalue weighted by Gasteiger charge is -2.28. The number of aryl methyl sites for hydroxylation is 1. The summed E-state index contributed by atoms with van der Waals surface area (Å²) in [4.78, 5) is 30.8. The zero-order valence-electron chi connectivity index (χ0n) is 17.7. The lowest BCUT2D eigenvalue weighted by Crippen LogP contribution is -2.37. The molecule has 6 heteroatoms. The Morgan fingerprint density at radius 1 is 1.14 bits per heavy atom. The zero-order chi connectivity index (χ0) is 21.0. The molecule has 29 heavy (non-hydrogen) atoms. The van der Waals surface area contributed by atoms with E-state index in [0.717, 1.165) is 13.1 Å². The minimum Gasteiger partial charge on any atom is -0.459 e. The number of carbonyl (C=O) groups excluding carboxylic acids is 2. The van der Waals surface area contributed by atoms with E-state index >= 15 is 0 Å². The average Bonchev–Trinajstić information content (AvgIpc) is 3.30. The Hall–Kier alpha value is -2.60. The largest absolute Gasteiger partial charge is 0.459 e. The Kier molecular flexibility index (Phi) is 6.75. The van der Waals surface area contributed by atoms with Gasteiger partial charge in [0.15, 0.2) is 0 Å². The summed E-state index contributed by atoms with van der Waals surface area (Å²) in [5.41, 5.74) is 3.35. The van der Waals surface area contributed by atoms with Crippen molar-refractivity contribution in [2.24, 2.45) is 0 Å². The number of ether oxygens (including phenoxy) is 1. The van der Waals surface area contributed by atoms with Crippen molar-refractivity contribution >= 4 is 11.9 Å². The van der Waals surface area contributed by atoms with E-state index in [1.807, 2.05) is 32.0 Å². The maximum absolute atomic E-state index is 12.9. The molecule has 1 aromatic heterocycles. The molecule has 1 aromatic carbocycles. The van der Waals surface area contributed by atoms with Crippen molar-refractivity contribution in [2.45, 2.75) is 52.7 Å². The quantitative estimate of drug-likeness (QED) is 0.698. The Labute approximate surface area is 172 Å². The van der Waals surface area contributed by atoms with Crippen molar-refractivity contribution in [3.63, 3.8) is 0 Å². The number of carbonyl (C=O) groups is 2. The van der Waals surface area contributed by atoms with Crippen LogP contribution in [0.3, 0.4) is 0 Å². The van der Waals surface area contributed by atoms with Gasteiger partial charge in [0.05, 0.1) is 17.7 Å². The van der Waals surface area contributed by atoms with Crippen LogP contribution in [0.4, 0.5) is 0 Å². The van der Waals surface area contributed by atoms with Gasteiger partial charge >= 0.3 is 5.97 Å². The molecule has 1 atom stereocenters. The second kappa shape index (κ2) is 9.27. The molecule has 1 amide bonds. The van der Waals surface area contributed by atoms with Crippen molar-refractivity contribution in [1.29, 1.82) is 0 Å². The lowest BCUT2D eigenvalue weighted by molar-refractivity contribution is 0.0376. The maximum Gasteiger partial charge on any atom is 0.340 e. The molecule has 156 valence electrons. The van der Waals surface area contributed by atoms with Crippen LogP contribution in [0.25, 0.3) is 0 Å². The molecule has 0 bridgehead atoms. The lowest BCUT2D eigenvalue weighted by atomic mass is 10.1. The number of esters is 1. The van der Waals surface area contributed by atoms with Crippen LogP contribution >= 0.6 is 0 Å². The summed E-state index contributed by atoms with van der Waals surface area (Å²) >= 11 is 0. The molecule has 6 nitrogen and oxygen atoms in total. The van der Waals surface area contributed by atoms with Crippen molar-refractivity contribution in [2.75, 3.05) is 19.6 Å². The summed E-state index contributed by atoms with van der Waals surface area (Å²) in [6, 6.07) is 10.4. The van der Waals surface area contributed by atoms with Crippen LogP contribution in [0.1, 0.15) is 70.4 Å². The van der Waals surface area contributed by atoms with Crippen LogP contribution in [-0.2, 0) is 4.74 Å². The minimum atomic E-state index is -0.399. The van der Waals surface area contributed by atoms with Gasteiger partial charge in [0, 0.05) is 12.2 Å². The van der Waals surface area contributed by atoms with Crippen LogP contribution in [0, 0.1) is 13.8 Å². The Morgan fingerprint density at radius 2 is 1.79 bits per heavy atom. The standard InChI is InChI=1S/C23H31N3O3/c1-15(2)29-23(28)20-16(3)21(25-17(20)4)22(27)24-14-19(26-12-8-9-13-26)18-10-6-5-7-11-18/h5-7,10-11,15,19,25H,8-9,12-14H2,1-4H3,(H,24,27). The number of benzene rings is 1. The Bertz CT molecular complexity index is 852. The molecule has 1 aliphatic rings. The third kappa shape index (κ3) is 4.88. The van der Waals surface area contributed by atoms with E-state index < -0.39 is 5.97 Å². The highest BCUT2D eigenvalue weighted by molar-refractivity contribution is 6.00. The topological polar surface area (TPSA) is 74.4 Å². The number of likely N-dealkylation sites (tertiary alicyclic amines) is 1. The van der Waals surface area contributed by atoms with Gasteiger partial charge in [-0.25, -0.2) is 4.79 Å². The van der Waals surface area contributed by atoms with Gasteiger partial charge in [-0.3, -0.25) is 9.69 Å². The Balaban J connectivity index is 1.74. The Morgan fingerprint density at radius 3 is 2.41 bits per heavy atom. The number of hydrogen-bond donors (Lipinski definition) is 2. The summed E-state index contributed by atoms with van der Waals surface area (Å²) in [6.07, 6.45) is 2.17. The summed E-state index contributed by atoms with van der Waals surface area (Å²) < 4.78 is 5.32. The van der Waals surface area contributed by atoms with Gasteiger partial charge in [-0.1, -0.05) is 30.3 Å². The van der Waals surface area contributed by atoms with E-state index in [0.29, 0.717) is 29.1 Å². The molecule has 2 heterocycles. The molecular formula is C23H31N3O3. The first-order valence-electron chi connectivity index (χ1n) is 10.4. The highest BCUT2D eigenvalue weighted by Crippen LogP contribution is 2.25. The van der Waals surface area contributed by atoms with Gasteiger partial charge < -0.3 is 15.0 Å². The summed E-state index contributed by atoms with van der Waals surface area (Å²) in [7, 11) is 0. The first-order chi connectivity index (χ1) is 13.9. The van der Waals surface area contributed by atoms with E-state index in [1.54, 1.807) is 13.8 Å². The van der Waals surface area contributed by atoms with E-state index in [9.17, 15) is 9.59 Å². The van der Waals surface area contributed by atoms with Crippen molar-refractivity contribution in [3.05, 3.63) is 58.4 Å². The molecule has 0 saturated carbocycles. The summed E-state index contributed by atoms with van der Waals surface area (Å²) in [5, 5.41) is 3.07. The predicted octanol–water partition coefficient (Wildman–Crippen LogP) is 3.76. The van der Waals surface area contributed by atoms with Crippen LogP contribution in [0.5, 0.6) is 0 Å². The van der Waals surface area contributed by atoms with Crippen LogP contribution in [-0.4, -0.2) is 47.5 Å². The molecule has 1 unspecified atom stereocenters. The van der Waals surface area contributed by atoms with Gasteiger partial charge in [-0.05, 0) is 64.8 Å². The van der Waals surface area contributed by atoms with Crippen molar-refractivity contribution in [1.82, 2.24) is 15.2 Å². The molecule has 1 fully saturated rings. The first-order valence-corrected chi connectivity index (χ1v) is 10.4. The van der Waals surface area contributed by atoms with E-state index in [4.69, 9.17) is 4.74 Å². The van der Waals surface area contributed by atoms with E-state index in [-0.39, 0.29) is 18.1 Å². The van der Waals surface area contributed by atoms with Crippen LogP contribution in [0.15, 0.2) is 30.3 Å². The second-order valence-corrected chi connectivity index (χ2v) is 7.96. The second-order valence-electron chi connectivity index (χ2n) is 7.96. The summed E-state index contributed by atoms with van der Waals surface area (Å²) in [5.74, 6) is -0.598. The number of aromatic nitrogens is 1. The highest BCUT2D eigenvalue weighted by atomic mass is 16.5. The monoisotopic (exact) mass is 397 g/mol. The molecule has 0 radical (unpaired) electrons.